The Bertz CT molecular complexity index is 339. The number of Topliss-reactive ketones (excluding diaryl/α,β-unsaturated/α-hetero) is 1. The average Bonchev–Trinajstić information content (AvgIpc) is 2.28. The Balaban J connectivity index is 2.81. The molecule has 1 rings (SSSR count). The quantitative estimate of drug-likeness (QED) is 0.740. The van der Waals surface area contributed by atoms with E-state index in [2.05, 4.69) is 4.98 Å². The molecule has 0 saturated carbocycles. The minimum Gasteiger partial charge on any atom is -0.494 e. The number of ketones is 1. The van der Waals surface area contributed by atoms with Gasteiger partial charge in [0.25, 0.3) is 0 Å². The number of aromatic nitrogens is 1. The van der Waals surface area contributed by atoms with E-state index in [1.54, 1.807) is 18.3 Å². The fourth-order valence-electron chi connectivity index (χ4n) is 1.26. The minimum atomic E-state index is -0.0228. The van der Waals surface area contributed by atoms with Crippen LogP contribution in [0.5, 0.6) is 5.75 Å². The van der Waals surface area contributed by atoms with Gasteiger partial charge in [-0.3, -0.25) is 4.79 Å². The van der Waals surface area contributed by atoms with Gasteiger partial charge < -0.3 is 10.5 Å². The standard InChI is InChI=1S/C11H16N2O2/c1-8(7-12)6-9(14)11-10(15-2)4-3-5-13-11/h3-5,8H,6-7,12H2,1-2H3. The van der Waals surface area contributed by atoms with Gasteiger partial charge in [-0.05, 0) is 24.6 Å². The number of pyridine rings is 1. The summed E-state index contributed by atoms with van der Waals surface area (Å²) in [4.78, 5) is 15.8. The summed E-state index contributed by atoms with van der Waals surface area (Å²) in [5, 5.41) is 0. The molecule has 15 heavy (non-hydrogen) atoms. The highest BCUT2D eigenvalue weighted by atomic mass is 16.5. The largest absolute Gasteiger partial charge is 0.494 e. The molecule has 0 amide bonds. The second kappa shape index (κ2) is 5.46. The van der Waals surface area contributed by atoms with Crippen LogP contribution in [0.2, 0.25) is 0 Å². The van der Waals surface area contributed by atoms with Crippen LogP contribution in [0.15, 0.2) is 18.3 Å². The number of rotatable bonds is 5. The first kappa shape index (κ1) is 11.7. The Morgan fingerprint density at radius 1 is 1.67 bits per heavy atom. The van der Waals surface area contributed by atoms with Crippen LogP contribution in [0.1, 0.15) is 23.8 Å². The van der Waals surface area contributed by atoms with Crippen molar-refractivity contribution in [1.29, 1.82) is 0 Å². The van der Waals surface area contributed by atoms with Crippen LogP contribution in [0.3, 0.4) is 0 Å². The molecule has 4 nitrogen and oxygen atoms in total. The predicted octanol–water partition coefficient (Wildman–Crippen LogP) is 1.26. The molecular weight excluding hydrogens is 192 g/mol. The van der Waals surface area contributed by atoms with E-state index in [1.807, 2.05) is 6.92 Å². The number of nitrogens with two attached hydrogens (primary N) is 1. The maximum atomic E-state index is 11.8. The van der Waals surface area contributed by atoms with Crippen LogP contribution in [0, 0.1) is 5.92 Å². The molecule has 82 valence electrons. The van der Waals surface area contributed by atoms with Crippen LogP contribution >= 0.6 is 0 Å². The summed E-state index contributed by atoms with van der Waals surface area (Å²) < 4.78 is 5.07. The Labute approximate surface area is 89.5 Å². The third-order valence-electron chi connectivity index (χ3n) is 2.19. The van der Waals surface area contributed by atoms with E-state index >= 15 is 0 Å². The van der Waals surface area contributed by atoms with Crippen molar-refractivity contribution in [3.8, 4) is 5.75 Å². The van der Waals surface area contributed by atoms with Gasteiger partial charge in [0.2, 0.25) is 0 Å². The lowest BCUT2D eigenvalue weighted by molar-refractivity contribution is 0.0957. The summed E-state index contributed by atoms with van der Waals surface area (Å²) in [5.74, 6) is 0.668. The minimum absolute atomic E-state index is 0.0228. The molecule has 1 atom stereocenters. The summed E-state index contributed by atoms with van der Waals surface area (Å²) >= 11 is 0. The molecule has 0 radical (unpaired) electrons. The lowest BCUT2D eigenvalue weighted by Crippen LogP contribution is -2.16. The zero-order valence-corrected chi connectivity index (χ0v) is 9.06. The van der Waals surface area contributed by atoms with Gasteiger partial charge in [-0.25, -0.2) is 4.98 Å². The number of ether oxygens (including phenoxy) is 1. The molecule has 0 aliphatic heterocycles. The molecule has 0 aromatic carbocycles. The lowest BCUT2D eigenvalue weighted by Gasteiger charge is -2.09. The maximum absolute atomic E-state index is 11.8. The summed E-state index contributed by atoms with van der Waals surface area (Å²) in [7, 11) is 1.53. The molecule has 0 bridgehead atoms. The molecular formula is C11H16N2O2. The Morgan fingerprint density at radius 3 is 3.00 bits per heavy atom. The molecule has 0 aliphatic carbocycles. The van der Waals surface area contributed by atoms with Gasteiger partial charge in [0.05, 0.1) is 7.11 Å². The van der Waals surface area contributed by atoms with Crippen molar-refractivity contribution in [3.05, 3.63) is 24.0 Å². The van der Waals surface area contributed by atoms with Crippen molar-refractivity contribution < 1.29 is 9.53 Å². The van der Waals surface area contributed by atoms with Gasteiger partial charge in [0.1, 0.15) is 11.4 Å². The van der Waals surface area contributed by atoms with E-state index in [0.717, 1.165) is 0 Å². The van der Waals surface area contributed by atoms with Gasteiger partial charge >= 0.3 is 0 Å². The first-order valence-corrected chi connectivity index (χ1v) is 4.91. The van der Waals surface area contributed by atoms with Crippen molar-refractivity contribution in [2.45, 2.75) is 13.3 Å². The van der Waals surface area contributed by atoms with Gasteiger partial charge in [-0.1, -0.05) is 6.92 Å². The Kier molecular flexibility index (Phi) is 4.24. The average molecular weight is 208 g/mol. The zero-order valence-electron chi connectivity index (χ0n) is 9.06. The molecule has 0 saturated heterocycles. The van der Waals surface area contributed by atoms with Crippen LogP contribution in [-0.2, 0) is 0 Å². The van der Waals surface area contributed by atoms with Gasteiger partial charge in [-0.15, -0.1) is 0 Å². The van der Waals surface area contributed by atoms with E-state index in [1.165, 1.54) is 7.11 Å². The summed E-state index contributed by atoms with van der Waals surface area (Å²) in [6.07, 6.45) is 1.99. The van der Waals surface area contributed by atoms with Crippen molar-refractivity contribution in [2.24, 2.45) is 11.7 Å². The maximum Gasteiger partial charge on any atom is 0.185 e. The molecule has 0 aliphatic rings. The molecule has 1 heterocycles. The van der Waals surface area contributed by atoms with Crippen LogP contribution in [-0.4, -0.2) is 24.4 Å². The first-order valence-electron chi connectivity index (χ1n) is 4.91. The number of hydrogen-bond acceptors (Lipinski definition) is 4. The monoisotopic (exact) mass is 208 g/mol. The van der Waals surface area contributed by atoms with E-state index in [4.69, 9.17) is 10.5 Å². The number of carbonyl (C=O) groups is 1. The molecule has 0 fully saturated rings. The van der Waals surface area contributed by atoms with Crippen LogP contribution < -0.4 is 10.5 Å². The third kappa shape index (κ3) is 3.02. The molecule has 0 spiro atoms. The van der Waals surface area contributed by atoms with Crippen molar-refractivity contribution >= 4 is 5.78 Å². The highest BCUT2D eigenvalue weighted by molar-refractivity contribution is 5.96. The summed E-state index contributed by atoms with van der Waals surface area (Å²) in [5.41, 5.74) is 5.85. The molecule has 2 N–H and O–H groups in total. The summed E-state index contributed by atoms with van der Waals surface area (Å²) in [6, 6.07) is 3.47. The highest BCUT2D eigenvalue weighted by Gasteiger charge is 2.15. The van der Waals surface area contributed by atoms with E-state index in [-0.39, 0.29) is 11.7 Å². The summed E-state index contributed by atoms with van der Waals surface area (Å²) in [6.45, 7) is 2.44. The molecule has 4 heteroatoms. The SMILES string of the molecule is COc1cccnc1C(=O)CC(C)CN. The van der Waals surface area contributed by atoms with E-state index in [0.29, 0.717) is 24.4 Å². The van der Waals surface area contributed by atoms with Crippen LogP contribution in [0.4, 0.5) is 0 Å². The van der Waals surface area contributed by atoms with Gasteiger partial charge in [-0.2, -0.15) is 0 Å². The van der Waals surface area contributed by atoms with Crippen molar-refractivity contribution in [1.82, 2.24) is 4.98 Å². The van der Waals surface area contributed by atoms with Crippen molar-refractivity contribution in [3.63, 3.8) is 0 Å². The van der Waals surface area contributed by atoms with Crippen LogP contribution in [0.25, 0.3) is 0 Å². The number of hydrogen-bond donors (Lipinski definition) is 1. The number of carbonyl (C=O) groups excluding carboxylic acids is 1. The van der Waals surface area contributed by atoms with Gasteiger partial charge in [0, 0.05) is 12.6 Å². The van der Waals surface area contributed by atoms with E-state index in [9.17, 15) is 4.79 Å². The fourth-order valence-corrected chi connectivity index (χ4v) is 1.26. The fraction of sp³-hybridized carbons (Fsp3) is 0.455. The molecule has 1 aromatic heterocycles. The smallest absolute Gasteiger partial charge is 0.185 e. The Hall–Kier alpha value is -1.42. The highest BCUT2D eigenvalue weighted by Crippen LogP contribution is 2.17. The second-order valence-electron chi connectivity index (χ2n) is 3.52. The Morgan fingerprint density at radius 2 is 2.40 bits per heavy atom. The first-order chi connectivity index (χ1) is 7.19. The lowest BCUT2D eigenvalue weighted by atomic mass is 10.0. The molecule has 1 aromatic rings. The number of nitrogens with zero attached hydrogens (tertiary/aromatic N) is 1. The third-order valence-corrected chi connectivity index (χ3v) is 2.19. The zero-order chi connectivity index (χ0) is 11.3. The number of methoxy groups -OCH3 is 1. The normalized spacial score (nSPS) is 12.2. The van der Waals surface area contributed by atoms with E-state index < -0.39 is 0 Å². The van der Waals surface area contributed by atoms with Gasteiger partial charge in [0.15, 0.2) is 5.78 Å². The second-order valence-corrected chi connectivity index (χ2v) is 3.52. The molecule has 1 unspecified atom stereocenters. The topological polar surface area (TPSA) is 65.2 Å². The predicted molar refractivity (Wildman–Crippen MR) is 58.0 cm³/mol. The van der Waals surface area contributed by atoms with Crippen molar-refractivity contribution in [2.75, 3.05) is 13.7 Å².